The summed E-state index contributed by atoms with van der Waals surface area (Å²) in [5.41, 5.74) is -0.336. The second-order valence-electron chi connectivity index (χ2n) is 5.09. The van der Waals surface area contributed by atoms with Gasteiger partial charge in [0.05, 0.1) is 17.5 Å². The van der Waals surface area contributed by atoms with Crippen molar-refractivity contribution in [2.45, 2.75) is 24.8 Å². The van der Waals surface area contributed by atoms with Crippen LogP contribution in [0.2, 0.25) is 0 Å². The molecule has 2 rings (SSSR count). The average molecular weight is 357 g/mol. The molecular formula is C13H16FN5O4S. The number of nitrogens with zero attached hydrogens (tertiary/aromatic N) is 1. The Balaban J connectivity index is 1.97. The molecule has 4 N–H and O–H groups in total. The third kappa shape index (κ3) is 4.26. The zero-order valence-electron chi connectivity index (χ0n) is 12.9. The van der Waals surface area contributed by atoms with Gasteiger partial charge in [0.2, 0.25) is 15.9 Å². The van der Waals surface area contributed by atoms with Crippen molar-refractivity contribution in [3.8, 4) is 0 Å². The molecule has 0 saturated carbocycles. The third-order valence-corrected chi connectivity index (χ3v) is 4.57. The van der Waals surface area contributed by atoms with E-state index < -0.39 is 40.0 Å². The predicted octanol–water partition coefficient (Wildman–Crippen LogP) is -0.299. The number of hydrogen-bond acceptors (Lipinski definition) is 5. The normalized spacial score (nSPS) is 12.8. The summed E-state index contributed by atoms with van der Waals surface area (Å²) in [7, 11) is -3.95. The molecule has 0 saturated heterocycles. The van der Waals surface area contributed by atoms with Crippen LogP contribution < -0.4 is 15.7 Å². The number of benzene rings is 1. The summed E-state index contributed by atoms with van der Waals surface area (Å²) in [5.74, 6) is -0.923. The first-order chi connectivity index (χ1) is 11.2. The van der Waals surface area contributed by atoms with Crippen molar-refractivity contribution in [2.24, 2.45) is 0 Å². The summed E-state index contributed by atoms with van der Waals surface area (Å²) in [6, 6.07) is 2.71. The monoisotopic (exact) mass is 357 g/mol. The first kappa shape index (κ1) is 17.8. The van der Waals surface area contributed by atoms with Crippen molar-refractivity contribution < 1.29 is 17.6 Å². The Bertz CT molecular complexity index is 905. The number of aromatic amines is 2. The van der Waals surface area contributed by atoms with Crippen LogP contribution in [0.4, 0.5) is 4.39 Å². The summed E-state index contributed by atoms with van der Waals surface area (Å²) in [6.07, 6.45) is 0. The zero-order valence-corrected chi connectivity index (χ0v) is 13.7. The molecule has 2 aromatic rings. The number of aryl methyl sites for hydroxylation is 1. The molecule has 1 heterocycles. The minimum absolute atomic E-state index is 0.140. The Morgan fingerprint density at radius 2 is 2.12 bits per heavy atom. The van der Waals surface area contributed by atoms with Crippen LogP contribution in [0.1, 0.15) is 24.4 Å². The number of rotatable bonds is 6. The van der Waals surface area contributed by atoms with Gasteiger partial charge < -0.3 is 5.32 Å². The van der Waals surface area contributed by atoms with Crippen LogP contribution in [0.5, 0.6) is 0 Å². The van der Waals surface area contributed by atoms with Crippen LogP contribution in [0, 0.1) is 12.7 Å². The molecule has 11 heteroatoms. The van der Waals surface area contributed by atoms with Crippen LogP contribution in [0.25, 0.3) is 0 Å². The number of sulfonamides is 1. The van der Waals surface area contributed by atoms with E-state index in [2.05, 4.69) is 25.2 Å². The molecule has 0 radical (unpaired) electrons. The lowest BCUT2D eigenvalue weighted by Gasteiger charge is -2.12. The maximum absolute atomic E-state index is 13.2. The molecule has 1 aromatic carbocycles. The summed E-state index contributed by atoms with van der Waals surface area (Å²) in [5, 5.41) is 8.29. The number of hydrogen-bond donors (Lipinski definition) is 4. The number of H-pyrrole nitrogens is 2. The van der Waals surface area contributed by atoms with Crippen LogP contribution >= 0.6 is 0 Å². The topological polar surface area (TPSA) is 137 Å². The first-order valence-electron chi connectivity index (χ1n) is 6.89. The van der Waals surface area contributed by atoms with Gasteiger partial charge in [-0.25, -0.2) is 27.4 Å². The van der Waals surface area contributed by atoms with E-state index in [9.17, 15) is 22.4 Å². The van der Waals surface area contributed by atoms with Crippen LogP contribution in [-0.2, 0) is 14.8 Å². The van der Waals surface area contributed by atoms with E-state index in [-0.39, 0.29) is 16.3 Å². The molecule has 0 fully saturated rings. The Labute approximate surface area is 136 Å². The highest BCUT2D eigenvalue weighted by Crippen LogP contribution is 2.13. The molecule has 0 aliphatic rings. The quantitative estimate of drug-likeness (QED) is 0.563. The summed E-state index contributed by atoms with van der Waals surface area (Å²) in [4.78, 5) is 25.0. The lowest BCUT2D eigenvalue weighted by atomic mass is 10.2. The van der Waals surface area contributed by atoms with Crippen molar-refractivity contribution in [1.82, 2.24) is 25.2 Å². The molecule has 0 bridgehead atoms. The second-order valence-corrected chi connectivity index (χ2v) is 6.85. The highest BCUT2D eigenvalue weighted by molar-refractivity contribution is 7.89. The van der Waals surface area contributed by atoms with Gasteiger partial charge in [0, 0.05) is 0 Å². The first-order valence-corrected chi connectivity index (χ1v) is 8.37. The Hall–Kier alpha value is -2.53. The van der Waals surface area contributed by atoms with Gasteiger partial charge in [-0.05, 0) is 37.6 Å². The number of aromatic nitrogens is 3. The van der Waals surface area contributed by atoms with Crippen molar-refractivity contribution in [1.29, 1.82) is 0 Å². The maximum atomic E-state index is 13.2. The van der Waals surface area contributed by atoms with E-state index in [0.717, 1.165) is 12.1 Å². The number of nitrogens with one attached hydrogen (secondary N) is 4. The summed E-state index contributed by atoms with van der Waals surface area (Å²) < 4.78 is 39.5. The molecule has 130 valence electrons. The Morgan fingerprint density at radius 1 is 1.42 bits per heavy atom. The molecule has 1 aromatic heterocycles. The number of halogens is 1. The van der Waals surface area contributed by atoms with Crippen molar-refractivity contribution in [3.63, 3.8) is 0 Å². The number of carbonyl (C=O) groups is 1. The SMILES string of the molecule is Cc1cc(S(=O)(=O)NCC(=O)NC(C)c2n[nH]c(=O)[nH]2)ccc1F. The molecule has 0 aliphatic carbocycles. The van der Waals surface area contributed by atoms with E-state index in [4.69, 9.17) is 0 Å². The molecule has 9 nitrogen and oxygen atoms in total. The van der Waals surface area contributed by atoms with E-state index in [0.29, 0.717) is 0 Å². The van der Waals surface area contributed by atoms with Gasteiger partial charge >= 0.3 is 5.69 Å². The molecule has 1 amide bonds. The second kappa shape index (κ2) is 6.93. The Kier molecular flexibility index (Phi) is 5.14. The van der Waals surface area contributed by atoms with Gasteiger partial charge in [-0.2, -0.15) is 5.10 Å². The van der Waals surface area contributed by atoms with Gasteiger partial charge in [0.15, 0.2) is 5.82 Å². The van der Waals surface area contributed by atoms with Crippen molar-refractivity contribution >= 4 is 15.9 Å². The van der Waals surface area contributed by atoms with Gasteiger partial charge in [-0.15, -0.1) is 0 Å². The van der Waals surface area contributed by atoms with Gasteiger partial charge in [0.25, 0.3) is 0 Å². The fraction of sp³-hybridized carbons (Fsp3) is 0.308. The minimum atomic E-state index is -3.95. The highest BCUT2D eigenvalue weighted by atomic mass is 32.2. The van der Waals surface area contributed by atoms with E-state index >= 15 is 0 Å². The maximum Gasteiger partial charge on any atom is 0.340 e. The number of carbonyl (C=O) groups excluding carboxylic acids is 1. The van der Waals surface area contributed by atoms with E-state index in [1.165, 1.54) is 13.0 Å². The fourth-order valence-electron chi connectivity index (χ4n) is 1.88. The predicted molar refractivity (Wildman–Crippen MR) is 82.1 cm³/mol. The molecule has 1 unspecified atom stereocenters. The molecule has 0 aliphatic heterocycles. The average Bonchev–Trinajstić information content (AvgIpc) is 2.94. The highest BCUT2D eigenvalue weighted by Gasteiger charge is 2.18. The van der Waals surface area contributed by atoms with Gasteiger partial charge in [-0.1, -0.05) is 0 Å². The molecule has 0 spiro atoms. The van der Waals surface area contributed by atoms with Crippen LogP contribution in [0.15, 0.2) is 27.9 Å². The van der Waals surface area contributed by atoms with Gasteiger partial charge in [-0.3, -0.25) is 9.78 Å². The van der Waals surface area contributed by atoms with Crippen LogP contribution in [-0.4, -0.2) is 36.1 Å². The summed E-state index contributed by atoms with van der Waals surface area (Å²) in [6.45, 7) is 2.49. The molecule has 1 atom stereocenters. The van der Waals surface area contributed by atoms with Gasteiger partial charge in [0.1, 0.15) is 5.82 Å². The van der Waals surface area contributed by atoms with Crippen molar-refractivity contribution in [3.05, 3.63) is 45.9 Å². The smallest absolute Gasteiger partial charge is 0.340 e. The largest absolute Gasteiger partial charge is 0.345 e. The van der Waals surface area contributed by atoms with Crippen LogP contribution in [0.3, 0.4) is 0 Å². The standard InChI is InChI=1S/C13H16FN5O4S/c1-7-5-9(3-4-10(7)14)24(22,23)15-6-11(20)16-8(2)12-17-13(21)19-18-12/h3-5,8,15H,6H2,1-2H3,(H,16,20)(H2,17,18,19,21). The number of amides is 1. The zero-order chi connectivity index (χ0) is 17.9. The lowest BCUT2D eigenvalue weighted by molar-refractivity contribution is -0.120. The van der Waals surface area contributed by atoms with E-state index in [1.807, 2.05) is 0 Å². The summed E-state index contributed by atoms with van der Waals surface area (Å²) >= 11 is 0. The third-order valence-electron chi connectivity index (χ3n) is 3.17. The minimum Gasteiger partial charge on any atom is -0.345 e. The van der Waals surface area contributed by atoms with Crippen molar-refractivity contribution in [2.75, 3.05) is 6.54 Å². The van der Waals surface area contributed by atoms with E-state index in [1.54, 1.807) is 6.92 Å². The molecule has 24 heavy (non-hydrogen) atoms. The molecular weight excluding hydrogens is 341 g/mol. The lowest BCUT2D eigenvalue weighted by Crippen LogP contribution is -2.38. The Morgan fingerprint density at radius 3 is 2.71 bits per heavy atom. The fourth-order valence-corrected chi connectivity index (χ4v) is 2.94.